The summed E-state index contributed by atoms with van der Waals surface area (Å²) >= 11 is 0. The number of guanidine groups is 1. The molecule has 1 fully saturated rings. The van der Waals surface area contributed by atoms with Crippen LogP contribution in [-0.4, -0.2) is 22.3 Å². The summed E-state index contributed by atoms with van der Waals surface area (Å²) in [6, 6.07) is 2.03. The van der Waals surface area contributed by atoms with E-state index in [1.165, 1.54) is 19.3 Å². The number of nitrogens with two attached hydrogens (primary N) is 1. The van der Waals surface area contributed by atoms with Crippen molar-refractivity contribution in [2.24, 2.45) is 23.7 Å². The largest absolute Gasteiger partial charge is 0.370 e. The van der Waals surface area contributed by atoms with Gasteiger partial charge in [0.25, 0.3) is 0 Å². The number of hydrogen-bond donors (Lipinski definition) is 2. The molecule has 17 heavy (non-hydrogen) atoms. The Balaban J connectivity index is 1.80. The van der Waals surface area contributed by atoms with Crippen LogP contribution in [0.3, 0.4) is 0 Å². The van der Waals surface area contributed by atoms with Crippen LogP contribution in [0, 0.1) is 12.8 Å². The van der Waals surface area contributed by atoms with Gasteiger partial charge in [0.1, 0.15) is 0 Å². The Bertz CT molecular complexity index is 403. The molecule has 0 saturated heterocycles. The first-order chi connectivity index (χ1) is 8.15. The van der Waals surface area contributed by atoms with Crippen LogP contribution in [-0.2, 0) is 13.6 Å². The predicted octanol–water partition coefficient (Wildman–Crippen LogP) is 0.933. The molecule has 0 amide bonds. The van der Waals surface area contributed by atoms with Crippen LogP contribution in [0.25, 0.3) is 0 Å². The molecule has 2 rings (SSSR count). The van der Waals surface area contributed by atoms with Crippen molar-refractivity contribution in [2.75, 3.05) is 6.54 Å². The van der Waals surface area contributed by atoms with Crippen molar-refractivity contribution < 1.29 is 0 Å². The molecule has 1 aromatic rings. The fourth-order valence-corrected chi connectivity index (χ4v) is 1.98. The molecule has 1 heterocycles. The number of aliphatic imine (C=N–C) groups is 1. The minimum absolute atomic E-state index is 0.538. The Morgan fingerprint density at radius 1 is 1.65 bits per heavy atom. The van der Waals surface area contributed by atoms with Gasteiger partial charge in [-0.3, -0.25) is 4.68 Å². The Morgan fingerprint density at radius 3 is 2.94 bits per heavy atom. The van der Waals surface area contributed by atoms with Gasteiger partial charge in [-0.1, -0.05) is 6.42 Å². The molecule has 0 spiro atoms. The van der Waals surface area contributed by atoms with E-state index in [2.05, 4.69) is 15.4 Å². The van der Waals surface area contributed by atoms with Gasteiger partial charge >= 0.3 is 0 Å². The zero-order valence-corrected chi connectivity index (χ0v) is 10.6. The number of nitrogens with one attached hydrogen (secondary N) is 1. The van der Waals surface area contributed by atoms with E-state index in [1.54, 1.807) is 0 Å². The summed E-state index contributed by atoms with van der Waals surface area (Å²) in [4.78, 5) is 4.32. The first kappa shape index (κ1) is 12.0. The van der Waals surface area contributed by atoms with Crippen molar-refractivity contribution >= 4 is 5.96 Å². The first-order valence-electron chi connectivity index (χ1n) is 6.18. The van der Waals surface area contributed by atoms with E-state index < -0.39 is 0 Å². The van der Waals surface area contributed by atoms with Crippen LogP contribution in [0.15, 0.2) is 11.1 Å². The highest BCUT2D eigenvalue weighted by molar-refractivity contribution is 5.77. The number of aromatic nitrogens is 2. The van der Waals surface area contributed by atoms with Gasteiger partial charge in [-0.25, -0.2) is 4.99 Å². The van der Waals surface area contributed by atoms with E-state index in [4.69, 9.17) is 5.73 Å². The normalized spacial score (nSPS) is 16.9. The lowest BCUT2D eigenvalue weighted by atomic mass is 9.85. The van der Waals surface area contributed by atoms with Crippen LogP contribution in [0.1, 0.15) is 30.7 Å². The van der Waals surface area contributed by atoms with Gasteiger partial charge in [0.05, 0.1) is 17.9 Å². The monoisotopic (exact) mass is 235 g/mol. The highest BCUT2D eigenvalue weighted by Gasteiger charge is 2.16. The molecule has 0 atom stereocenters. The Kier molecular flexibility index (Phi) is 3.66. The van der Waals surface area contributed by atoms with E-state index in [-0.39, 0.29) is 0 Å². The fourth-order valence-electron chi connectivity index (χ4n) is 1.98. The molecule has 1 aliphatic rings. The second kappa shape index (κ2) is 5.21. The maximum atomic E-state index is 5.81. The molecule has 1 aliphatic carbocycles. The lowest BCUT2D eigenvalue weighted by Gasteiger charge is -2.25. The van der Waals surface area contributed by atoms with Crippen molar-refractivity contribution in [3.63, 3.8) is 0 Å². The predicted molar refractivity (Wildman–Crippen MR) is 68.6 cm³/mol. The Hall–Kier alpha value is -1.52. The van der Waals surface area contributed by atoms with Crippen LogP contribution < -0.4 is 11.1 Å². The standard InChI is InChI=1S/C12H21N5/c1-9-6-11(17(2)16-9)8-15-12(13)14-7-10-4-3-5-10/h6,10H,3-5,7-8H2,1-2H3,(H3,13,14,15). The fraction of sp³-hybridized carbons (Fsp3) is 0.667. The summed E-state index contributed by atoms with van der Waals surface area (Å²) in [6.45, 7) is 3.52. The molecule has 94 valence electrons. The summed E-state index contributed by atoms with van der Waals surface area (Å²) in [5.74, 6) is 1.33. The van der Waals surface area contributed by atoms with Gasteiger partial charge < -0.3 is 11.1 Å². The van der Waals surface area contributed by atoms with Gasteiger partial charge in [0.2, 0.25) is 0 Å². The van der Waals surface area contributed by atoms with Crippen molar-refractivity contribution in [1.29, 1.82) is 0 Å². The smallest absolute Gasteiger partial charge is 0.188 e. The van der Waals surface area contributed by atoms with Crippen LogP contribution in [0.4, 0.5) is 0 Å². The molecule has 3 N–H and O–H groups in total. The Morgan fingerprint density at radius 2 is 2.41 bits per heavy atom. The molecule has 0 unspecified atom stereocenters. The quantitative estimate of drug-likeness (QED) is 0.602. The summed E-state index contributed by atoms with van der Waals surface area (Å²) < 4.78 is 1.85. The average molecular weight is 235 g/mol. The van der Waals surface area contributed by atoms with Crippen molar-refractivity contribution in [2.45, 2.75) is 32.7 Å². The number of aryl methyl sites for hydroxylation is 2. The molecule has 1 saturated carbocycles. The van der Waals surface area contributed by atoms with Crippen LogP contribution in [0.5, 0.6) is 0 Å². The SMILES string of the molecule is Cc1cc(CN=C(N)NCC2CCC2)n(C)n1. The molecule has 0 aromatic carbocycles. The third kappa shape index (κ3) is 3.22. The highest BCUT2D eigenvalue weighted by atomic mass is 15.3. The zero-order valence-electron chi connectivity index (χ0n) is 10.6. The molecule has 0 radical (unpaired) electrons. The number of rotatable bonds is 4. The third-order valence-corrected chi connectivity index (χ3v) is 3.31. The van der Waals surface area contributed by atoms with Crippen molar-refractivity contribution in [1.82, 2.24) is 15.1 Å². The second-order valence-electron chi connectivity index (χ2n) is 4.78. The summed E-state index contributed by atoms with van der Waals surface area (Å²) in [5, 5.41) is 7.45. The maximum absolute atomic E-state index is 5.81. The molecular formula is C12H21N5. The minimum atomic E-state index is 0.538. The topological polar surface area (TPSA) is 68.2 Å². The lowest BCUT2D eigenvalue weighted by Crippen LogP contribution is -2.37. The maximum Gasteiger partial charge on any atom is 0.188 e. The summed E-state index contributed by atoms with van der Waals surface area (Å²) in [5.41, 5.74) is 7.91. The van der Waals surface area contributed by atoms with Gasteiger partial charge in [0, 0.05) is 13.6 Å². The first-order valence-corrected chi connectivity index (χ1v) is 6.18. The van der Waals surface area contributed by atoms with Crippen LogP contribution >= 0.6 is 0 Å². The number of hydrogen-bond acceptors (Lipinski definition) is 2. The molecule has 5 heteroatoms. The van der Waals surface area contributed by atoms with E-state index in [0.29, 0.717) is 12.5 Å². The Labute approximate surface area is 102 Å². The number of nitrogens with zero attached hydrogens (tertiary/aromatic N) is 3. The molecule has 5 nitrogen and oxygen atoms in total. The molecule has 0 aliphatic heterocycles. The van der Waals surface area contributed by atoms with Crippen LogP contribution in [0.2, 0.25) is 0 Å². The van der Waals surface area contributed by atoms with Gasteiger partial charge in [-0.2, -0.15) is 5.10 Å². The third-order valence-electron chi connectivity index (χ3n) is 3.31. The zero-order chi connectivity index (χ0) is 12.3. The van der Waals surface area contributed by atoms with E-state index in [1.807, 2.05) is 24.7 Å². The van der Waals surface area contributed by atoms with E-state index >= 15 is 0 Å². The molecule has 0 bridgehead atoms. The molecular weight excluding hydrogens is 214 g/mol. The summed E-state index contributed by atoms with van der Waals surface area (Å²) in [6.07, 6.45) is 4.00. The summed E-state index contributed by atoms with van der Waals surface area (Å²) in [7, 11) is 1.93. The second-order valence-corrected chi connectivity index (χ2v) is 4.78. The lowest BCUT2D eigenvalue weighted by molar-refractivity contribution is 0.315. The average Bonchev–Trinajstić information content (AvgIpc) is 2.52. The van der Waals surface area contributed by atoms with Crippen molar-refractivity contribution in [3.05, 3.63) is 17.5 Å². The highest BCUT2D eigenvalue weighted by Crippen LogP contribution is 2.24. The van der Waals surface area contributed by atoms with Gasteiger partial charge in [-0.05, 0) is 31.7 Å². The minimum Gasteiger partial charge on any atom is -0.370 e. The van der Waals surface area contributed by atoms with Gasteiger partial charge in [0.15, 0.2) is 5.96 Å². The van der Waals surface area contributed by atoms with E-state index in [9.17, 15) is 0 Å². The van der Waals surface area contributed by atoms with Gasteiger partial charge in [-0.15, -0.1) is 0 Å². The van der Waals surface area contributed by atoms with Crippen molar-refractivity contribution in [3.8, 4) is 0 Å². The molecule has 1 aromatic heterocycles. The van der Waals surface area contributed by atoms with E-state index in [0.717, 1.165) is 23.9 Å².